The molecule has 2 aliphatic rings. The molecule has 2 rings (SSSR count). The van der Waals surface area contributed by atoms with Gasteiger partial charge >= 0.3 is 6.16 Å². The highest BCUT2D eigenvalue weighted by Crippen LogP contribution is 2.39. The maximum absolute atomic E-state index is 10.5. The number of piperidine rings is 1. The third kappa shape index (κ3) is 2.23. The average Bonchev–Trinajstić information content (AvgIpc) is 2.43. The van der Waals surface area contributed by atoms with Gasteiger partial charge in [0.05, 0.1) is 0 Å². The van der Waals surface area contributed by atoms with E-state index in [4.69, 9.17) is 15.7 Å². The normalized spacial score (nSPS) is 35.4. The molecule has 2 bridgehead atoms. The summed E-state index contributed by atoms with van der Waals surface area (Å²) in [5.41, 5.74) is 5.55. The van der Waals surface area contributed by atoms with Gasteiger partial charge in [0.1, 0.15) is 0 Å². The fraction of sp³-hybridized carbons (Fsp3) is 0.900. The molecule has 0 amide bonds. The van der Waals surface area contributed by atoms with Crippen LogP contribution in [-0.4, -0.2) is 35.0 Å². The molecule has 0 aromatic rings. The third-order valence-electron chi connectivity index (χ3n) is 3.52. The first-order chi connectivity index (χ1) is 7.20. The Morgan fingerprint density at radius 3 is 2.47 bits per heavy atom. The fourth-order valence-corrected chi connectivity index (χ4v) is 2.96. The van der Waals surface area contributed by atoms with Gasteiger partial charge in [0.2, 0.25) is 0 Å². The van der Waals surface area contributed by atoms with Crippen molar-refractivity contribution in [1.29, 1.82) is 0 Å². The molecule has 0 saturated carbocycles. The van der Waals surface area contributed by atoms with Crippen LogP contribution in [0.3, 0.4) is 0 Å². The Hall–Kier alpha value is -0.810. The van der Waals surface area contributed by atoms with Crippen molar-refractivity contribution < 1.29 is 14.7 Å². The number of carboxylic acid groups (broad SMARTS) is 1. The largest absolute Gasteiger partial charge is 0.525 e. The molecule has 2 atom stereocenters. The van der Waals surface area contributed by atoms with Gasteiger partial charge in [-0.05, 0) is 44.6 Å². The first-order valence-electron chi connectivity index (χ1n) is 5.60. The Labute approximate surface area is 89.1 Å². The van der Waals surface area contributed by atoms with Crippen LogP contribution in [0.15, 0.2) is 0 Å². The molecule has 86 valence electrons. The number of hydrogen-bond donors (Lipinski definition) is 2. The molecule has 15 heavy (non-hydrogen) atoms. The Morgan fingerprint density at radius 1 is 1.40 bits per heavy atom. The van der Waals surface area contributed by atoms with Gasteiger partial charge in [-0.1, -0.05) is 0 Å². The van der Waals surface area contributed by atoms with Crippen LogP contribution in [0.25, 0.3) is 0 Å². The van der Waals surface area contributed by atoms with Crippen LogP contribution in [0, 0.1) is 5.92 Å². The summed E-state index contributed by atoms with van der Waals surface area (Å²) in [6, 6.07) is 0.577. The van der Waals surface area contributed by atoms with E-state index in [2.05, 4.69) is 0 Å². The monoisotopic (exact) mass is 214 g/mol. The molecule has 5 heteroatoms. The van der Waals surface area contributed by atoms with E-state index in [1.54, 1.807) is 5.06 Å². The summed E-state index contributed by atoms with van der Waals surface area (Å²) in [5, 5.41) is 10.3. The second kappa shape index (κ2) is 4.37. The minimum absolute atomic E-state index is 0.288. The number of nitrogens with two attached hydrogens (primary N) is 1. The molecule has 3 N–H and O–H groups in total. The van der Waals surface area contributed by atoms with E-state index >= 15 is 0 Å². The van der Waals surface area contributed by atoms with E-state index in [1.165, 1.54) is 0 Å². The first-order valence-corrected chi connectivity index (χ1v) is 5.60. The molecular weight excluding hydrogens is 196 g/mol. The summed E-state index contributed by atoms with van der Waals surface area (Å²) < 4.78 is 0. The fourth-order valence-electron chi connectivity index (χ4n) is 2.96. The van der Waals surface area contributed by atoms with E-state index < -0.39 is 6.16 Å². The highest BCUT2D eigenvalue weighted by Gasteiger charge is 2.42. The van der Waals surface area contributed by atoms with Crippen molar-refractivity contribution in [2.24, 2.45) is 11.7 Å². The zero-order valence-electron chi connectivity index (χ0n) is 8.76. The summed E-state index contributed by atoms with van der Waals surface area (Å²) in [6.45, 7) is 0.726. The van der Waals surface area contributed by atoms with E-state index in [9.17, 15) is 4.79 Å². The maximum atomic E-state index is 10.5. The van der Waals surface area contributed by atoms with Crippen molar-refractivity contribution in [3.8, 4) is 0 Å². The molecule has 2 heterocycles. The van der Waals surface area contributed by atoms with E-state index in [0.29, 0.717) is 5.92 Å². The van der Waals surface area contributed by atoms with Gasteiger partial charge in [0.25, 0.3) is 0 Å². The predicted octanol–water partition coefficient (Wildman–Crippen LogP) is 1.19. The molecular formula is C10H18N2O3. The predicted molar refractivity (Wildman–Crippen MR) is 54.2 cm³/mol. The lowest BCUT2D eigenvalue weighted by Gasteiger charge is -2.36. The highest BCUT2D eigenvalue weighted by molar-refractivity contribution is 5.56. The Balaban J connectivity index is 1.94. The summed E-state index contributed by atoms with van der Waals surface area (Å²) in [6.07, 6.45) is 4.03. The van der Waals surface area contributed by atoms with Crippen LogP contribution in [0.1, 0.15) is 32.1 Å². The quantitative estimate of drug-likeness (QED) is 0.738. The van der Waals surface area contributed by atoms with Crippen molar-refractivity contribution in [3.63, 3.8) is 0 Å². The smallest absolute Gasteiger partial charge is 0.448 e. The van der Waals surface area contributed by atoms with Crippen LogP contribution in [0.2, 0.25) is 0 Å². The lowest BCUT2D eigenvalue weighted by atomic mass is 9.89. The number of nitrogens with zero attached hydrogens (tertiary/aromatic N) is 1. The van der Waals surface area contributed by atoms with Crippen LogP contribution >= 0.6 is 0 Å². The molecule has 0 spiro atoms. The zero-order chi connectivity index (χ0) is 10.8. The van der Waals surface area contributed by atoms with Gasteiger partial charge in [0, 0.05) is 12.1 Å². The Bertz CT molecular complexity index is 233. The minimum Gasteiger partial charge on any atom is -0.448 e. The summed E-state index contributed by atoms with van der Waals surface area (Å²) >= 11 is 0. The molecule has 0 aromatic carbocycles. The van der Waals surface area contributed by atoms with Crippen molar-refractivity contribution in [1.82, 2.24) is 5.06 Å². The Kier molecular flexibility index (Phi) is 3.11. The summed E-state index contributed by atoms with van der Waals surface area (Å²) in [5.74, 6) is 0.654. The molecule has 2 unspecified atom stereocenters. The van der Waals surface area contributed by atoms with Gasteiger partial charge in [-0.15, -0.1) is 5.06 Å². The van der Waals surface area contributed by atoms with Crippen molar-refractivity contribution >= 4 is 6.16 Å². The van der Waals surface area contributed by atoms with Gasteiger partial charge in [0.15, 0.2) is 0 Å². The zero-order valence-corrected chi connectivity index (χ0v) is 8.76. The number of hydrogen-bond acceptors (Lipinski definition) is 4. The maximum Gasteiger partial charge on any atom is 0.525 e. The van der Waals surface area contributed by atoms with Gasteiger partial charge in [-0.2, -0.15) is 0 Å². The minimum atomic E-state index is -1.19. The molecule has 2 aliphatic heterocycles. The van der Waals surface area contributed by atoms with Crippen LogP contribution in [-0.2, 0) is 4.84 Å². The molecule has 0 aliphatic carbocycles. The van der Waals surface area contributed by atoms with Crippen LogP contribution < -0.4 is 5.73 Å². The second-order valence-electron chi connectivity index (χ2n) is 4.52. The summed E-state index contributed by atoms with van der Waals surface area (Å²) in [4.78, 5) is 15.3. The van der Waals surface area contributed by atoms with Gasteiger partial charge in [-0.25, -0.2) is 4.79 Å². The lowest BCUT2D eigenvalue weighted by molar-refractivity contribution is -0.174. The third-order valence-corrected chi connectivity index (χ3v) is 3.52. The van der Waals surface area contributed by atoms with E-state index in [0.717, 1.165) is 38.6 Å². The van der Waals surface area contributed by atoms with Gasteiger partial charge in [-0.3, -0.25) is 0 Å². The Morgan fingerprint density at radius 2 is 2.00 bits per heavy atom. The highest BCUT2D eigenvalue weighted by atomic mass is 16.8. The van der Waals surface area contributed by atoms with Crippen molar-refractivity contribution in [2.75, 3.05) is 6.54 Å². The van der Waals surface area contributed by atoms with Crippen LogP contribution in [0.5, 0.6) is 0 Å². The van der Waals surface area contributed by atoms with E-state index in [-0.39, 0.29) is 12.1 Å². The second-order valence-corrected chi connectivity index (χ2v) is 4.52. The number of rotatable bonds is 3. The standard InChI is InChI=1S/C10H18N2O3/c11-4-3-7-5-8-1-2-9(6-7)12(8)15-10(13)14/h7-9H,1-6,11H2,(H,13,14). The lowest BCUT2D eigenvalue weighted by Crippen LogP contribution is -2.44. The molecule has 0 aromatic heterocycles. The van der Waals surface area contributed by atoms with Crippen molar-refractivity contribution in [3.05, 3.63) is 0 Å². The molecule has 2 saturated heterocycles. The summed E-state index contributed by atoms with van der Waals surface area (Å²) in [7, 11) is 0. The van der Waals surface area contributed by atoms with Crippen LogP contribution in [0.4, 0.5) is 4.79 Å². The average molecular weight is 214 g/mol. The van der Waals surface area contributed by atoms with Crippen molar-refractivity contribution in [2.45, 2.75) is 44.2 Å². The first kappa shape index (κ1) is 10.7. The molecule has 5 nitrogen and oxygen atoms in total. The molecule has 2 fully saturated rings. The number of hydroxylamine groups is 2. The SMILES string of the molecule is NCCC1CC2CCC(C1)N2OC(=O)O. The topological polar surface area (TPSA) is 75.8 Å². The van der Waals surface area contributed by atoms with E-state index in [1.807, 2.05) is 0 Å². The number of carbonyl (C=O) groups is 1. The van der Waals surface area contributed by atoms with Gasteiger partial charge < -0.3 is 15.7 Å². The number of fused-ring (bicyclic) bond motifs is 2. The molecule has 0 radical (unpaired) electrons.